The highest BCUT2D eigenvalue weighted by Gasteiger charge is 1.92. The summed E-state index contributed by atoms with van der Waals surface area (Å²) in [7, 11) is 0. The molecule has 0 rings (SSSR count). The van der Waals surface area contributed by atoms with E-state index in [4.69, 9.17) is 0 Å². The minimum Gasteiger partial charge on any atom is -0.0950 e. The van der Waals surface area contributed by atoms with Gasteiger partial charge in [-0.25, -0.2) is 0 Å². The van der Waals surface area contributed by atoms with E-state index in [2.05, 4.69) is 58.2 Å². The molecule has 0 aromatic rings. The second-order valence-electron chi connectivity index (χ2n) is 3.30. The molecule has 0 N–H and O–H groups in total. The van der Waals surface area contributed by atoms with E-state index in [0.29, 0.717) is 0 Å². The van der Waals surface area contributed by atoms with Crippen LogP contribution in [0.3, 0.4) is 0 Å². The third-order valence-electron chi connectivity index (χ3n) is 1.80. The molecule has 0 aromatic carbocycles. The third kappa shape index (κ3) is 6.81. The lowest BCUT2D eigenvalue weighted by Crippen LogP contribution is -1.81. The quantitative estimate of drug-likeness (QED) is 0.445. The maximum absolute atomic E-state index is 3.93. The average Bonchev–Trinajstić information content (AvgIpc) is 2.31. The summed E-state index contributed by atoms with van der Waals surface area (Å²) in [4.78, 5) is 0. The first-order valence-corrected chi connectivity index (χ1v) is 6.97. The largest absolute Gasteiger partial charge is 0.0950 e. The van der Waals surface area contributed by atoms with Gasteiger partial charge in [-0.3, -0.25) is 0 Å². The Morgan fingerprint density at radius 2 is 1.00 bits per heavy atom. The number of hydrogen-bond acceptors (Lipinski definition) is 0. The first-order chi connectivity index (χ1) is 7.51. The van der Waals surface area contributed by atoms with Crippen LogP contribution in [0.1, 0.15) is 0 Å². The van der Waals surface area contributed by atoms with Gasteiger partial charge in [0.15, 0.2) is 0 Å². The van der Waals surface area contributed by atoms with Crippen LogP contribution in [0.15, 0.2) is 72.9 Å². The van der Waals surface area contributed by atoms with Crippen LogP contribution in [-0.4, -0.2) is 10.7 Å². The topological polar surface area (TPSA) is 0 Å². The lowest BCUT2D eigenvalue weighted by Gasteiger charge is -1.99. The molecule has 16 heavy (non-hydrogen) atoms. The van der Waals surface area contributed by atoms with Gasteiger partial charge >= 0.3 is 0 Å². The predicted molar refractivity (Wildman–Crippen MR) is 82.4 cm³/mol. The maximum atomic E-state index is 3.93. The molecule has 0 radical (unpaired) electrons. The van der Waals surface area contributed by atoms with Gasteiger partial charge in [0.25, 0.3) is 0 Å². The van der Waals surface area contributed by atoms with Gasteiger partial charge in [-0.05, 0) is 22.3 Å². The van der Waals surface area contributed by atoms with E-state index in [9.17, 15) is 0 Å². The Bertz CT molecular complexity index is 321. The Hall–Kier alpha value is -0.600. The number of allylic oxidation sites excluding steroid dienone is 8. The molecule has 0 heterocycles. The second kappa shape index (κ2) is 8.54. The lowest BCUT2D eigenvalue weighted by atomic mass is 10.1. The summed E-state index contributed by atoms with van der Waals surface area (Å²) < 4.78 is 0. The van der Waals surface area contributed by atoms with Crippen LogP contribution in [0.25, 0.3) is 0 Å². The zero-order valence-electron chi connectivity index (χ0n) is 9.31. The average molecular weight is 344 g/mol. The number of alkyl halides is 2. The molecule has 0 unspecified atom stereocenters. The van der Waals surface area contributed by atoms with E-state index in [1.54, 1.807) is 0 Å². The van der Waals surface area contributed by atoms with Crippen LogP contribution in [0.4, 0.5) is 0 Å². The van der Waals surface area contributed by atoms with E-state index in [1.165, 1.54) is 0 Å². The monoisotopic (exact) mass is 342 g/mol. The molecular formula is C14H16Br2. The van der Waals surface area contributed by atoms with Crippen molar-refractivity contribution >= 4 is 31.9 Å². The minimum atomic E-state index is 0.763. The fourth-order valence-electron chi connectivity index (χ4n) is 0.740. The molecule has 86 valence electrons. The minimum absolute atomic E-state index is 0.763. The van der Waals surface area contributed by atoms with Crippen LogP contribution in [0.5, 0.6) is 0 Å². The van der Waals surface area contributed by atoms with Gasteiger partial charge in [-0.2, -0.15) is 0 Å². The molecule has 0 nitrogen and oxygen atoms in total. The Morgan fingerprint density at radius 1 is 0.688 bits per heavy atom. The molecule has 0 saturated heterocycles. The summed E-state index contributed by atoms with van der Waals surface area (Å²) >= 11 is 6.65. The molecule has 0 spiro atoms. The molecular weight excluding hydrogens is 328 g/mol. The molecule has 0 bridgehead atoms. The van der Waals surface area contributed by atoms with Crippen molar-refractivity contribution in [2.45, 2.75) is 0 Å². The Kier molecular flexibility index (Phi) is 8.22. The summed E-state index contributed by atoms with van der Waals surface area (Å²) in [5.74, 6) is 0. The summed E-state index contributed by atoms with van der Waals surface area (Å²) in [6, 6.07) is 0. The van der Waals surface area contributed by atoms with E-state index in [1.807, 2.05) is 24.3 Å². The number of halogens is 2. The van der Waals surface area contributed by atoms with E-state index < -0.39 is 0 Å². The van der Waals surface area contributed by atoms with Crippen LogP contribution in [0.2, 0.25) is 0 Å². The molecule has 2 heteroatoms. The standard InChI is InChI=1S/C14H16Br2/c1-11(9-15)5-7-13(3)14(4)8-6-12(2)10-16/h5-8H,1-4,9-10H2/b7-5-,8-6-. The van der Waals surface area contributed by atoms with E-state index in [-0.39, 0.29) is 0 Å². The normalized spacial score (nSPS) is 10.9. The third-order valence-corrected chi connectivity index (χ3v) is 3.24. The van der Waals surface area contributed by atoms with Gasteiger partial charge in [0, 0.05) is 10.7 Å². The summed E-state index contributed by atoms with van der Waals surface area (Å²) in [6.07, 6.45) is 7.67. The number of rotatable bonds is 7. The molecule has 0 aliphatic rings. The molecule has 0 fully saturated rings. The van der Waals surface area contributed by atoms with Gasteiger partial charge in [0.1, 0.15) is 0 Å². The number of hydrogen-bond donors (Lipinski definition) is 0. The molecule has 0 atom stereocenters. The SMILES string of the molecule is C=C(/C=C\C(=C)C(=C)/C=C\C(=C)CBr)CBr. The van der Waals surface area contributed by atoms with Crippen molar-refractivity contribution in [1.29, 1.82) is 0 Å². The highest BCUT2D eigenvalue weighted by Crippen LogP contribution is 2.11. The fraction of sp³-hybridized carbons (Fsp3) is 0.143. The Labute approximate surface area is 115 Å². The summed E-state index contributed by atoms with van der Waals surface area (Å²) in [5, 5.41) is 1.53. The van der Waals surface area contributed by atoms with Crippen molar-refractivity contribution in [2.75, 3.05) is 10.7 Å². The van der Waals surface area contributed by atoms with Crippen molar-refractivity contribution in [3.8, 4) is 0 Å². The maximum Gasteiger partial charge on any atom is 0.0277 e. The molecule has 0 saturated carbocycles. The molecule has 0 aliphatic carbocycles. The first kappa shape index (κ1) is 15.4. The van der Waals surface area contributed by atoms with E-state index >= 15 is 0 Å². The van der Waals surface area contributed by atoms with Crippen molar-refractivity contribution in [3.63, 3.8) is 0 Å². The summed E-state index contributed by atoms with van der Waals surface area (Å²) in [6.45, 7) is 15.6. The Balaban J connectivity index is 4.36. The highest BCUT2D eigenvalue weighted by atomic mass is 79.9. The first-order valence-electron chi connectivity index (χ1n) is 4.73. The second-order valence-corrected chi connectivity index (χ2v) is 4.42. The van der Waals surface area contributed by atoms with E-state index in [0.717, 1.165) is 33.0 Å². The Morgan fingerprint density at radius 3 is 1.25 bits per heavy atom. The van der Waals surface area contributed by atoms with Crippen molar-refractivity contribution in [1.82, 2.24) is 0 Å². The zero-order chi connectivity index (χ0) is 12.6. The molecule has 0 aromatic heterocycles. The van der Waals surface area contributed by atoms with Gasteiger partial charge in [0.2, 0.25) is 0 Å². The van der Waals surface area contributed by atoms with Crippen LogP contribution in [0, 0.1) is 0 Å². The van der Waals surface area contributed by atoms with Crippen LogP contribution in [-0.2, 0) is 0 Å². The smallest absolute Gasteiger partial charge is 0.0277 e. The fourth-order valence-corrected chi connectivity index (χ4v) is 1.11. The van der Waals surface area contributed by atoms with Gasteiger partial charge in [-0.1, -0.05) is 82.5 Å². The summed E-state index contributed by atoms with van der Waals surface area (Å²) in [5.41, 5.74) is 3.76. The van der Waals surface area contributed by atoms with Crippen molar-refractivity contribution in [3.05, 3.63) is 72.9 Å². The zero-order valence-corrected chi connectivity index (χ0v) is 12.5. The lowest BCUT2D eigenvalue weighted by molar-refractivity contribution is 1.52. The van der Waals surface area contributed by atoms with Gasteiger partial charge < -0.3 is 0 Å². The molecule has 0 aliphatic heterocycles. The molecule has 0 amide bonds. The van der Waals surface area contributed by atoms with Gasteiger partial charge in [0.05, 0.1) is 0 Å². The van der Waals surface area contributed by atoms with Crippen LogP contribution < -0.4 is 0 Å². The van der Waals surface area contributed by atoms with Crippen LogP contribution >= 0.6 is 31.9 Å². The van der Waals surface area contributed by atoms with Gasteiger partial charge in [-0.15, -0.1) is 0 Å². The highest BCUT2D eigenvalue weighted by molar-refractivity contribution is 9.09. The van der Waals surface area contributed by atoms with Crippen molar-refractivity contribution in [2.24, 2.45) is 0 Å². The predicted octanol–water partition coefficient (Wildman–Crippen LogP) is 5.11. The van der Waals surface area contributed by atoms with Crippen molar-refractivity contribution < 1.29 is 0 Å².